The minimum Gasteiger partial charge on any atom is -0.493 e. The van der Waals surface area contributed by atoms with Gasteiger partial charge in [-0.15, -0.1) is 0 Å². The number of hydrogen-bond donors (Lipinski definition) is 2. The van der Waals surface area contributed by atoms with Crippen LogP contribution in [-0.4, -0.2) is 24.2 Å². The van der Waals surface area contributed by atoms with Crippen molar-refractivity contribution in [2.24, 2.45) is 0 Å². The zero-order valence-corrected chi connectivity index (χ0v) is 12.9. The predicted molar refractivity (Wildman–Crippen MR) is 84.7 cm³/mol. The Labute approximate surface area is 132 Å². The molecular weight excluding hydrogens is 298 g/mol. The van der Waals surface area contributed by atoms with E-state index in [4.69, 9.17) is 13.9 Å². The molecule has 0 aliphatic rings. The van der Waals surface area contributed by atoms with Crippen molar-refractivity contribution in [3.8, 4) is 11.5 Å². The van der Waals surface area contributed by atoms with E-state index in [0.29, 0.717) is 41.3 Å². The number of ether oxygens (including phenoxy) is 2. The molecular formula is C16H17N3O4. The number of methoxy groups -OCH3 is 2. The maximum atomic E-state index is 12.2. The summed E-state index contributed by atoms with van der Waals surface area (Å²) in [6.45, 7) is 0.973. The number of aromatic nitrogens is 2. The molecule has 7 nitrogen and oxygen atoms in total. The fourth-order valence-corrected chi connectivity index (χ4v) is 2.32. The van der Waals surface area contributed by atoms with Crippen LogP contribution in [0.25, 0.3) is 10.9 Å². The number of H-pyrrole nitrogens is 1. The number of hydrogen-bond acceptors (Lipinski definition) is 6. The van der Waals surface area contributed by atoms with E-state index in [1.807, 2.05) is 12.1 Å². The van der Waals surface area contributed by atoms with Gasteiger partial charge < -0.3 is 24.2 Å². The standard InChI is InChI=1S/C16H17N3O4/c1-21-13-6-11-12(7-14(13)22-2)18-15(19-16(11)20)9-17-8-10-4-3-5-23-10/h3-7,17H,8-9H2,1-2H3,(H,18,19,20). The number of rotatable bonds is 6. The summed E-state index contributed by atoms with van der Waals surface area (Å²) in [4.78, 5) is 19.4. The lowest BCUT2D eigenvalue weighted by atomic mass is 10.2. The molecule has 0 aliphatic carbocycles. The number of aromatic amines is 1. The van der Waals surface area contributed by atoms with Gasteiger partial charge in [0.2, 0.25) is 0 Å². The van der Waals surface area contributed by atoms with Gasteiger partial charge >= 0.3 is 0 Å². The lowest BCUT2D eigenvalue weighted by Gasteiger charge is -2.09. The molecule has 7 heteroatoms. The Morgan fingerprint density at radius 3 is 2.70 bits per heavy atom. The van der Waals surface area contributed by atoms with Crippen molar-refractivity contribution in [3.05, 3.63) is 52.5 Å². The van der Waals surface area contributed by atoms with E-state index in [2.05, 4.69) is 15.3 Å². The zero-order valence-electron chi connectivity index (χ0n) is 12.9. The van der Waals surface area contributed by atoms with Gasteiger partial charge in [0.15, 0.2) is 11.5 Å². The van der Waals surface area contributed by atoms with Crippen molar-refractivity contribution in [3.63, 3.8) is 0 Å². The lowest BCUT2D eigenvalue weighted by molar-refractivity contribution is 0.355. The molecule has 23 heavy (non-hydrogen) atoms. The Kier molecular flexibility index (Phi) is 4.29. The van der Waals surface area contributed by atoms with Crippen molar-refractivity contribution in [2.45, 2.75) is 13.1 Å². The fourth-order valence-electron chi connectivity index (χ4n) is 2.32. The SMILES string of the molecule is COc1cc2nc(CNCc3ccco3)[nH]c(=O)c2cc1OC. The third kappa shape index (κ3) is 3.19. The molecule has 0 radical (unpaired) electrons. The highest BCUT2D eigenvalue weighted by Crippen LogP contribution is 2.29. The van der Waals surface area contributed by atoms with Gasteiger partial charge in [0, 0.05) is 6.07 Å². The highest BCUT2D eigenvalue weighted by atomic mass is 16.5. The number of nitrogens with one attached hydrogen (secondary N) is 2. The largest absolute Gasteiger partial charge is 0.493 e. The second-order valence-electron chi connectivity index (χ2n) is 4.92. The van der Waals surface area contributed by atoms with Crippen LogP contribution in [0.1, 0.15) is 11.6 Å². The molecule has 2 heterocycles. The first-order valence-electron chi connectivity index (χ1n) is 7.09. The molecule has 0 unspecified atom stereocenters. The maximum absolute atomic E-state index is 12.2. The van der Waals surface area contributed by atoms with Gasteiger partial charge in [-0.05, 0) is 18.2 Å². The first-order valence-corrected chi connectivity index (χ1v) is 7.09. The first kappa shape index (κ1) is 15.1. The van der Waals surface area contributed by atoms with E-state index in [1.165, 1.54) is 7.11 Å². The van der Waals surface area contributed by atoms with E-state index in [1.54, 1.807) is 25.5 Å². The highest BCUT2D eigenvalue weighted by Gasteiger charge is 2.10. The second kappa shape index (κ2) is 6.53. The lowest BCUT2D eigenvalue weighted by Crippen LogP contribution is -2.19. The van der Waals surface area contributed by atoms with Crippen LogP contribution in [0.15, 0.2) is 39.7 Å². The third-order valence-corrected chi connectivity index (χ3v) is 3.43. The average Bonchev–Trinajstić information content (AvgIpc) is 3.07. The van der Waals surface area contributed by atoms with E-state index >= 15 is 0 Å². The first-order chi connectivity index (χ1) is 11.2. The van der Waals surface area contributed by atoms with Gasteiger partial charge in [-0.2, -0.15) is 0 Å². The summed E-state index contributed by atoms with van der Waals surface area (Å²) in [5.41, 5.74) is 0.340. The average molecular weight is 315 g/mol. The molecule has 0 spiro atoms. The Bertz CT molecular complexity index is 856. The van der Waals surface area contributed by atoms with Crippen LogP contribution < -0.4 is 20.3 Å². The number of furan rings is 1. The molecule has 0 saturated carbocycles. The monoisotopic (exact) mass is 315 g/mol. The summed E-state index contributed by atoms with van der Waals surface area (Å²) in [6.07, 6.45) is 1.62. The Hall–Kier alpha value is -2.80. The topological polar surface area (TPSA) is 89.4 Å². The number of fused-ring (bicyclic) bond motifs is 1. The smallest absolute Gasteiger partial charge is 0.258 e. The van der Waals surface area contributed by atoms with Gasteiger partial charge in [0.05, 0.1) is 44.5 Å². The van der Waals surface area contributed by atoms with Crippen LogP contribution in [0.3, 0.4) is 0 Å². The fraction of sp³-hybridized carbons (Fsp3) is 0.250. The molecule has 1 aromatic carbocycles. The van der Waals surface area contributed by atoms with Crippen LogP contribution >= 0.6 is 0 Å². The molecule has 3 rings (SSSR count). The van der Waals surface area contributed by atoms with Crippen molar-refractivity contribution in [2.75, 3.05) is 14.2 Å². The summed E-state index contributed by atoms with van der Waals surface area (Å²) in [5, 5.41) is 3.62. The molecule has 120 valence electrons. The molecule has 0 amide bonds. The highest BCUT2D eigenvalue weighted by molar-refractivity contribution is 5.81. The molecule has 0 saturated heterocycles. The normalized spacial score (nSPS) is 10.9. The van der Waals surface area contributed by atoms with Crippen molar-refractivity contribution in [1.29, 1.82) is 0 Å². The molecule has 0 atom stereocenters. The van der Waals surface area contributed by atoms with Crippen LogP contribution in [-0.2, 0) is 13.1 Å². The summed E-state index contributed by atoms with van der Waals surface area (Å²) in [6, 6.07) is 7.02. The quantitative estimate of drug-likeness (QED) is 0.721. The molecule has 0 bridgehead atoms. The van der Waals surface area contributed by atoms with E-state index in [9.17, 15) is 4.79 Å². The van der Waals surface area contributed by atoms with Crippen molar-refractivity contribution < 1.29 is 13.9 Å². The van der Waals surface area contributed by atoms with Crippen LogP contribution in [0.2, 0.25) is 0 Å². The maximum Gasteiger partial charge on any atom is 0.258 e. The Balaban J connectivity index is 1.86. The predicted octanol–water partition coefficient (Wildman–Crippen LogP) is 1.82. The van der Waals surface area contributed by atoms with Crippen LogP contribution in [0.5, 0.6) is 11.5 Å². The van der Waals surface area contributed by atoms with Gasteiger partial charge in [-0.25, -0.2) is 4.98 Å². The van der Waals surface area contributed by atoms with E-state index in [-0.39, 0.29) is 5.56 Å². The zero-order chi connectivity index (χ0) is 16.2. The van der Waals surface area contributed by atoms with E-state index < -0.39 is 0 Å². The van der Waals surface area contributed by atoms with Gasteiger partial charge in [0.25, 0.3) is 5.56 Å². The van der Waals surface area contributed by atoms with Gasteiger partial charge in [-0.3, -0.25) is 4.79 Å². The van der Waals surface area contributed by atoms with Crippen molar-refractivity contribution in [1.82, 2.24) is 15.3 Å². The van der Waals surface area contributed by atoms with Crippen molar-refractivity contribution >= 4 is 10.9 Å². The molecule has 3 aromatic rings. The molecule has 2 N–H and O–H groups in total. The summed E-state index contributed by atoms with van der Waals surface area (Å²) >= 11 is 0. The Morgan fingerprint density at radius 1 is 1.22 bits per heavy atom. The Morgan fingerprint density at radius 2 is 2.00 bits per heavy atom. The van der Waals surface area contributed by atoms with Crippen LogP contribution in [0, 0.1) is 0 Å². The van der Waals surface area contributed by atoms with E-state index in [0.717, 1.165) is 5.76 Å². The van der Waals surface area contributed by atoms with Gasteiger partial charge in [0.1, 0.15) is 11.6 Å². The summed E-state index contributed by atoms with van der Waals surface area (Å²) in [5.74, 6) is 2.39. The number of benzene rings is 1. The minimum absolute atomic E-state index is 0.217. The molecule has 0 aliphatic heterocycles. The van der Waals surface area contributed by atoms with Crippen LogP contribution in [0.4, 0.5) is 0 Å². The second-order valence-corrected chi connectivity index (χ2v) is 4.92. The van der Waals surface area contributed by atoms with Gasteiger partial charge in [-0.1, -0.05) is 0 Å². The molecule has 2 aromatic heterocycles. The summed E-state index contributed by atoms with van der Waals surface area (Å²) < 4.78 is 15.7. The molecule has 0 fully saturated rings. The number of nitrogens with zero attached hydrogens (tertiary/aromatic N) is 1. The summed E-state index contributed by atoms with van der Waals surface area (Å²) in [7, 11) is 3.07. The minimum atomic E-state index is -0.217. The third-order valence-electron chi connectivity index (χ3n) is 3.43.